The molecule has 0 N–H and O–H groups in total. The molecule has 0 bridgehead atoms. The van der Waals surface area contributed by atoms with E-state index in [-0.39, 0.29) is 5.97 Å². The lowest BCUT2D eigenvalue weighted by Gasteiger charge is -2.17. The highest BCUT2D eigenvalue weighted by Gasteiger charge is 2.17. The molecule has 0 aliphatic carbocycles. The van der Waals surface area contributed by atoms with Crippen molar-refractivity contribution in [1.29, 1.82) is 0 Å². The minimum absolute atomic E-state index is 0.330. The van der Waals surface area contributed by atoms with Crippen LogP contribution in [-0.2, 0) is 4.79 Å². The number of methoxy groups -OCH3 is 1. The van der Waals surface area contributed by atoms with Crippen LogP contribution in [0.4, 0.5) is 0 Å². The van der Waals surface area contributed by atoms with Gasteiger partial charge in [-0.25, -0.2) is 0 Å². The molecule has 0 aliphatic heterocycles. The Balaban J connectivity index is 2.30. The van der Waals surface area contributed by atoms with Gasteiger partial charge < -0.3 is 9.47 Å². The van der Waals surface area contributed by atoms with E-state index in [9.17, 15) is 4.79 Å². The molecule has 0 saturated heterocycles. The van der Waals surface area contributed by atoms with Crippen molar-refractivity contribution in [2.45, 2.75) is 20.8 Å². The second-order valence-electron chi connectivity index (χ2n) is 6.60. The first kappa shape index (κ1) is 16.4. The number of carbonyl (C=O) groups excluding carboxylic acids is 1. The van der Waals surface area contributed by atoms with Crippen LogP contribution in [0.15, 0.2) is 48.5 Å². The van der Waals surface area contributed by atoms with Gasteiger partial charge in [0.2, 0.25) is 0 Å². The maximum Gasteiger partial charge on any atom is 0.308 e. The molecule has 0 unspecified atom stereocenters. The molecule has 130 valence electrons. The minimum atomic E-state index is -0.330. The number of benzene rings is 4. The van der Waals surface area contributed by atoms with E-state index in [4.69, 9.17) is 9.47 Å². The van der Waals surface area contributed by atoms with E-state index in [1.54, 1.807) is 7.11 Å². The average molecular weight is 344 g/mol. The third kappa shape index (κ3) is 2.39. The molecule has 0 saturated carbocycles. The number of hydrogen-bond donors (Lipinski definition) is 0. The van der Waals surface area contributed by atoms with Crippen LogP contribution in [0.3, 0.4) is 0 Å². The molecule has 3 heteroatoms. The molecule has 0 fully saturated rings. The number of ether oxygens (including phenoxy) is 2. The van der Waals surface area contributed by atoms with Crippen molar-refractivity contribution in [2.75, 3.05) is 7.11 Å². The van der Waals surface area contributed by atoms with Crippen molar-refractivity contribution in [1.82, 2.24) is 0 Å². The van der Waals surface area contributed by atoms with Crippen molar-refractivity contribution < 1.29 is 14.3 Å². The maximum absolute atomic E-state index is 11.9. The zero-order chi connectivity index (χ0) is 18.4. The molecule has 0 amide bonds. The summed E-state index contributed by atoms with van der Waals surface area (Å²) in [7, 11) is 1.64. The fraction of sp³-hybridized carbons (Fsp3) is 0.174. The standard InChI is InChI=1S/C23H20O3/c1-13-14(2)20-11-16-9-10-17(25-4)12-21(16)23(26-15(3)24)22(20)19-8-6-5-7-18(13)19/h5-12H,1-4H3. The van der Waals surface area contributed by atoms with Crippen LogP contribution < -0.4 is 9.47 Å². The summed E-state index contributed by atoms with van der Waals surface area (Å²) in [5.74, 6) is 1.01. The normalized spacial score (nSPS) is 11.2. The Morgan fingerprint density at radius 1 is 0.846 bits per heavy atom. The summed E-state index contributed by atoms with van der Waals surface area (Å²) in [5.41, 5.74) is 2.44. The van der Waals surface area contributed by atoms with E-state index in [1.165, 1.54) is 23.4 Å². The number of rotatable bonds is 2. The van der Waals surface area contributed by atoms with Crippen molar-refractivity contribution >= 4 is 38.3 Å². The zero-order valence-electron chi connectivity index (χ0n) is 15.3. The van der Waals surface area contributed by atoms with Crippen LogP contribution in [0.2, 0.25) is 0 Å². The fourth-order valence-corrected chi connectivity index (χ4v) is 3.71. The van der Waals surface area contributed by atoms with Crippen LogP contribution in [-0.4, -0.2) is 13.1 Å². The van der Waals surface area contributed by atoms with Gasteiger partial charge in [0.15, 0.2) is 0 Å². The lowest BCUT2D eigenvalue weighted by atomic mass is 9.90. The van der Waals surface area contributed by atoms with Gasteiger partial charge in [0.05, 0.1) is 7.11 Å². The van der Waals surface area contributed by atoms with Crippen LogP contribution in [0.25, 0.3) is 32.3 Å². The lowest BCUT2D eigenvalue weighted by molar-refractivity contribution is -0.131. The SMILES string of the molecule is COc1ccc2cc3c(C)c(C)c4ccccc4c3c(OC(C)=O)c2c1. The smallest absolute Gasteiger partial charge is 0.308 e. The minimum Gasteiger partial charge on any atom is -0.497 e. The van der Waals surface area contributed by atoms with Crippen molar-refractivity contribution in [3.05, 3.63) is 59.7 Å². The Morgan fingerprint density at radius 3 is 2.23 bits per heavy atom. The first-order valence-electron chi connectivity index (χ1n) is 8.62. The highest BCUT2D eigenvalue weighted by Crippen LogP contribution is 2.43. The zero-order valence-corrected chi connectivity index (χ0v) is 15.3. The van der Waals surface area contributed by atoms with Crippen LogP contribution in [0, 0.1) is 13.8 Å². The quantitative estimate of drug-likeness (QED) is 0.203. The summed E-state index contributed by atoms with van der Waals surface area (Å²) in [4.78, 5) is 11.9. The predicted molar refractivity (Wildman–Crippen MR) is 106 cm³/mol. The van der Waals surface area contributed by atoms with Crippen molar-refractivity contribution in [3.8, 4) is 11.5 Å². The van der Waals surface area contributed by atoms with E-state index in [2.05, 4.69) is 32.0 Å². The summed E-state index contributed by atoms with van der Waals surface area (Å²) in [6.45, 7) is 5.70. The van der Waals surface area contributed by atoms with Gasteiger partial charge in [0.1, 0.15) is 11.5 Å². The van der Waals surface area contributed by atoms with E-state index in [1.807, 2.05) is 30.3 Å². The molecule has 0 spiro atoms. The molecule has 0 radical (unpaired) electrons. The highest BCUT2D eigenvalue weighted by atomic mass is 16.5. The number of esters is 1. The fourth-order valence-electron chi connectivity index (χ4n) is 3.71. The number of hydrogen-bond acceptors (Lipinski definition) is 3. The molecular weight excluding hydrogens is 324 g/mol. The van der Waals surface area contributed by atoms with E-state index in [0.29, 0.717) is 5.75 Å². The van der Waals surface area contributed by atoms with E-state index in [0.717, 1.165) is 32.7 Å². The molecule has 0 aromatic heterocycles. The van der Waals surface area contributed by atoms with Crippen molar-refractivity contribution in [3.63, 3.8) is 0 Å². The monoisotopic (exact) mass is 344 g/mol. The van der Waals surface area contributed by atoms with E-state index < -0.39 is 0 Å². The molecule has 26 heavy (non-hydrogen) atoms. The molecule has 0 aliphatic rings. The summed E-state index contributed by atoms with van der Waals surface area (Å²) >= 11 is 0. The highest BCUT2D eigenvalue weighted by molar-refractivity contribution is 6.19. The maximum atomic E-state index is 11.9. The van der Waals surface area contributed by atoms with Gasteiger partial charge in [-0.1, -0.05) is 30.3 Å². The van der Waals surface area contributed by atoms with Crippen LogP contribution >= 0.6 is 0 Å². The van der Waals surface area contributed by atoms with E-state index >= 15 is 0 Å². The van der Waals surface area contributed by atoms with Crippen LogP contribution in [0.5, 0.6) is 11.5 Å². The van der Waals surface area contributed by atoms with Crippen LogP contribution in [0.1, 0.15) is 18.1 Å². The van der Waals surface area contributed by atoms with Gasteiger partial charge in [-0.2, -0.15) is 0 Å². The Bertz CT molecular complexity index is 1190. The Kier molecular flexibility index (Phi) is 3.80. The molecule has 3 nitrogen and oxygen atoms in total. The second-order valence-corrected chi connectivity index (χ2v) is 6.60. The summed E-state index contributed by atoms with van der Waals surface area (Å²) < 4.78 is 11.1. The summed E-state index contributed by atoms with van der Waals surface area (Å²) in [6.07, 6.45) is 0. The molecule has 4 aromatic rings. The van der Waals surface area contributed by atoms with Crippen molar-refractivity contribution in [2.24, 2.45) is 0 Å². The van der Waals surface area contributed by atoms with Gasteiger partial charge in [0.25, 0.3) is 0 Å². The third-order valence-electron chi connectivity index (χ3n) is 5.11. The van der Waals surface area contributed by atoms with Gasteiger partial charge in [-0.05, 0) is 64.7 Å². The Hall–Kier alpha value is -3.07. The first-order valence-corrected chi connectivity index (χ1v) is 8.62. The average Bonchev–Trinajstić information content (AvgIpc) is 2.65. The number of aryl methyl sites for hydroxylation is 2. The Labute approximate surface area is 152 Å². The summed E-state index contributed by atoms with van der Waals surface area (Å²) in [5, 5.41) is 6.24. The Morgan fingerprint density at radius 2 is 1.54 bits per heavy atom. The lowest BCUT2D eigenvalue weighted by Crippen LogP contribution is -2.03. The predicted octanol–water partition coefficient (Wildman–Crippen LogP) is 5.70. The molecule has 0 heterocycles. The van der Waals surface area contributed by atoms with Gasteiger partial charge >= 0.3 is 5.97 Å². The molecule has 0 atom stereocenters. The second kappa shape index (κ2) is 6.03. The number of fused-ring (bicyclic) bond motifs is 4. The number of carbonyl (C=O) groups is 1. The van der Waals surface area contributed by atoms with Gasteiger partial charge in [-0.15, -0.1) is 0 Å². The van der Waals surface area contributed by atoms with Gasteiger partial charge in [0, 0.05) is 17.7 Å². The molecular formula is C23H20O3. The third-order valence-corrected chi connectivity index (χ3v) is 5.11. The first-order chi connectivity index (χ1) is 12.5. The molecule has 4 rings (SSSR count). The largest absolute Gasteiger partial charge is 0.497 e. The summed E-state index contributed by atoms with van der Waals surface area (Å²) in [6, 6.07) is 16.3. The molecule has 4 aromatic carbocycles. The topological polar surface area (TPSA) is 35.5 Å². The van der Waals surface area contributed by atoms with Gasteiger partial charge in [-0.3, -0.25) is 4.79 Å².